The summed E-state index contributed by atoms with van der Waals surface area (Å²) in [4.78, 5) is 29.3. The fraction of sp³-hybridized carbons (Fsp3) is 0.261. The summed E-state index contributed by atoms with van der Waals surface area (Å²) < 4.78 is 0. The average molecular weight is 412 g/mol. The Labute approximate surface area is 178 Å². The van der Waals surface area contributed by atoms with Crippen LogP contribution in [0.5, 0.6) is 0 Å². The molecule has 3 aromatic rings. The number of aromatic nitrogens is 3. The highest BCUT2D eigenvalue weighted by molar-refractivity contribution is 5.97. The molecular weight excluding hydrogens is 392 g/mol. The van der Waals surface area contributed by atoms with E-state index in [-0.39, 0.29) is 11.8 Å². The third kappa shape index (κ3) is 3.66. The highest BCUT2D eigenvalue weighted by Crippen LogP contribution is 2.32. The maximum absolute atomic E-state index is 12.9. The Kier molecular flexibility index (Phi) is 4.71. The number of nitrogens with zero attached hydrogens (tertiary/aromatic N) is 5. The van der Waals surface area contributed by atoms with Gasteiger partial charge >= 0.3 is 0 Å². The number of fused-ring (bicyclic) bond motifs is 2. The lowest BCUT2D eigenvalue weighted by molar-refractivity contribution is -0.125. The highest BCUT2D eigenvalue weighted by atomic mass is 16.2. The number of H-pyrrole nitrogens is 1. The first-order valence-corrected chi connectivity index (χ1v) is 10.2. The molecule has 3 heterocycles. The van der Waals surface area contributed by atoms with E-state index >= 15 is 0 Å². The summed E-state index contributed by atoms with van der Waals surface area (Å²) >= 11 is 0. The first-order chi connectivity index (χ1) is 15.1. The van der Waals surface area contributed by atoms with E-state index < -0.39 is 0 Å². The van der Waals surface area contributed by atoms with Gasteiger partial charge in [-0.15, -0.1) is 5.10 Å². The van der Waals surface area contributed by atoms with Crippen molar-refractivity contribution >= 4 is 28.9 Å². The molecule has 0 radical (unpaired) electrons. The minimum atomic E-state index is -0.0203. The van der Waals surface area contributed by atoms with Crippen molar-refractivity contribution in [3.8, 4) is 6.07 Å². The van der Waals surface area contributed by atoms with Crippen LogP contribution in [0, 0.1) is 23.2 Å². The lowest BCUT2D eigenvalue weighted by atomic mass is 10.0. The second-order valence-electron chi connectivity index (χ2n) is 8.08. The molecule has 2 aliphatic heterocycles. The van der Waals surface area contributed by atoms with E-state index in [4.69, 9.17) is 5.26 Å². The summed E-state index contributed by atoms with van der Waals surface area (Å²) in [5.41, 5.74) is 3.57. The molecule has 0 bridgehead atoms. The molecule has 154 valence electrons. The number of aromatic amines is 1. The van der Waals surface area contributed by atoms with Crippen LogP contribution in [0.4, 0.5) is 0 Å². The largest absolute Gasteiger partial charge is 0.338 e. The lowest BCUT2D eigenvalue weighted by Gasteiger charge is -2.21. The molecule has 1 aromatic heterocycles. The smallest absolute Gasteiger partial charge is 0.253 e. The van der Waals surface area contributed by atoms with E-state index in [1.54, 1.807) is 36.4 Å². The maximum Gasteiger partial charge on any atom is 0.253 e. The fourth-order valence-corrected chi connectivity index (χ4v) is 4.44. The molecule has 31 heavy (non-hydrogen) atoms. The van der Waals surface area contributed by atoms with Crippen LogP contribution in [0.25, 0.3) is 17.1 Å². The van der Waals surface area contributed by atoms with Crippen molar-refractivity contribution in [3.63, 3.8) is 0 Å². The highest BCUT2D eigenvalue weighted by Gasteiger charge is 2.42. The molecule has 0 aliphatic carbocycles. The molecule has 5 rings (SSSR count). The first kappa shape index (κ1) is 19.0. The van der Waals surface area contributed by atoms with Crippen molar-refractivity contribution in [1.29, 1.82) is 5.26 Å². The van der Waals surface area contributed by atoms with E-state index in [1.165, 1.54) is 0 Å². The van der Waals surface area contributed by atoms with Crippen LogP contribution in [0.15, 0.2) is 48.5 Å². The minimum Gasteiger partial charge on any atom is -0.338 e. The quantitative estimate of drug-likeness (QED) is 0.663. The predicted molar refractivity (Wildman–Crippen MR) is 114 cm³/mol. The van der Waals surface area contributed by atoms with Crippen LogP contribution < -0.4 is 0 Å². The van der Waals surface area contributed by atoms with Gasteiger partial charge in [0, 0.05) is 49.7 Å². The van der Waals surface area contributed by atoms with E-state index in [1.807, 2.05) is 28.0 Å². The zero-order chi connectivity index (χ0) is 21.4. The number of rotatable bonds is 3. The van der Waals surface area contributed by atoms with Crippen LogP contribution in [0.2, 0.25) is 0 Å². The summed E-state index contributed by atoms with van der Waals surface area (Å²) in [6.07, 6.45) is 3.35. The zero-order valence-corrected chi connectivity index (χ0v) is 16.7. The van der Waals surface area contributed by atoms with E-state index in [9.17, 15) is 9.59 Å². The van der Waals surface area contributed by atoms with Gasteiger partial charge in [-0.05, 0) is 42.0 Å². The second-order valence-corrected chi connectivity index (χ2v) is 8.08. The number of likely N-dealkylation sites (tertiary alicyclic amines) is 2. The van der Waals surface area contributed by atoms with Gasteiger partial charge in [0.25, 0.3) is 5.91 Å². The minimum absolute atomic E-state index is 0.00196. The molecule has 2 fully saturated rings. The van der Waals surface area contributed by atoms with E-state index in [0.29, 0.717) is 54.7 Å². The average Bonchev–Trinajstić information content (AvgIpc) is 3.51. The summed E-state index contributed by atoms with van der Waals surface area (Å²) in [6.45, 7) is 2.63. The van der Waals surface area contributed by atoms with Crippen molar-refractivity contribution in [2.24, 2.45) is 11.8 Å². The molecule has 2 amide bonds. The second kappa shape index (κ2) is 7.69. The molecule has 0 unspecified atom stereocenters. The molecular formula is C23H20N6O2. The number of hydrogen-bond acceptors (Lipinski definition) is 5. The molecule has 2 saturated heterocycles. The third-order valence-corrected chi connectivity index (χ3v) is 6.12. The van der Waals surface area contributed by atoms with Gasteiger partial charge in [0.2, 0.25) is 5.91 Å². The van der Waals surface area contributed by atoms with Crippen molar-refractivity contribution in [2.45, 2.75) is 0 Å². The van der Waals surface area contributed by atoms with Crippen molar-refractivity contribution in [3.05, 3.63) is 65.2 Å². The monoisotopic (exact) mass is 412 g/mol. The molecule has 2 aliphatic rings. The van der Waals surface area contributed by atoms with E-state index in [0.717, 1.165) is 11.1 Å². The Balaban J connectivity index is 1.19. The zero-order valence-electron chi connectivity index (χ0n) is 16.7. The maximum atomic E-state index is 12.9. The van der Waals surface area contributed by atoms with Crippen LogP contribution in [0.1, 0.15) is 21.5 Å². The van der Waals surface area contributed by atoms with Crippen LogP contribution in [-0.2, 0) is 4.79 Å². The summed E-state index contributed by atoms with van der Waals surface area (Å²) in [7, 11) is 0. The summed E-state index contributed by atoms with van der Waals surface area (Å²) in [5, 5.41) is 19.4. The lowest BCUT2D eigenvalue weighted by Crippen LogP contribution is -2.35. The summed E-state index contributed by atoms with van der Waals surface area (Å²) in [5.74, 6) is 0.574. The van der Waals surface area contributed by atoms with Crippen LogP contribution in [-0.4, -0.2) is 63.2 Å². The van der Waals surface area contributed by atoms with Gasteiger partial charge in [-0.25, -0.2) is 0 Å². The Morgan fingerprint density at radius 3 is 2.45 bits per heavy atom. The first-order valence-electron chi connectivity index (χ1n) is 10.2. The van der Waals surface area contributed by atoms with Gasteiger partial charge < -0.3 is 9.80 Å². The number of hydrogen-bond donors (Lipinski definition) is 1. The number of nitriles is 1. The Hall–Kier alpha value is -3.99. The van der Waals surface area contributed by atoms with Crippen LogP contribution >= 0.6 is 0 Å². The standard InChI is InChI=1S/C23H20N6O2/c24-10-16-3-1-15(2-4-16)5-8-22(30)28-11-18-13-29(14-19(18)12-28)23(31)17-6-7-20-21(9-17)26-27-25-20/h1-9,18-19H,11-14H2,(H,25,26,27)/t18-,19-/m1/s1. The van der Waals surface area contributed by atoms with Crippen molar-refractivity contribution in [1.82, 2.24) is 25.2 Å². The molecule has 8 heteroatoms. The van der Waals surface area contributed by atoms with Gasteiger partial charge in [-0.3, -0.25) is 14.7 Å². The molecule has 8 nitrogen and oxygen atoms in total. The number of benzene rings is 2. The fourth-order valence-electron chi connectivity index (χ4n) is 4.44. The number of carbonyl (C=O) groups excluding carboxylic acids is 2. The number of nitrogens with one attached hydrogen (secondary N) is 1. The molecule has 2 aromatic carbocycles. The van der Waals surface area contributed by atoms with E-state index in [2.05, 4.69) is 21.5 Å². The molecule has 1 N–H and O–H groups in total. The van der Waals surface area contributed by atoms with Gasteiger partial charge in [0.15, 0.2) is 0 Å². The Bertz CT molecular complexity index is 1210. The topological polar surface area (TPSA) is 106 Å². The Morgan fingerprint density at radius 1 is 1.03 bits per heavy atom. The van der Waals surface area contributed by atoms with Crippen molar-refractivity contribution < 1.29 is 9.59 Å². The SMILES string of the molecule is N#Cc1ccc(C=CC(=O)N2C[C@@H]3CN(C(=O)c4ccc5[nH]nnc5c4)C[C@H]3C2)cc1. The number of amides is 2. The van der Waals surface area contributed by atoms with Gasteiger partial charge in [0.05, 0.1) is 17.1 Å². The van der Waals surface area contributed by atoms with Gasteiger partial charge in [-0.2, -0.15) is 5.26 Å². The van der Waals surface area contributed by atoms with Crippen LogP contribution in [0.3, 0.4) is 0 Å². The molecule has 0 saturated carbocycles. The molecule has 0 spiro atoms. The normalized spacial score (nSPS) is 20.4. The third-order valence-electron chi connectivity index (χ3n) is 6.12. The van der Waals surface area contributed by atoms with Gasteiger partial charge in [-0.1, -0.05) is 17.3 Å². The van der Waals surface area contributed by atoms with Crippen molar-refractivity contribution in [2.75, 3.05) is 26.2 Å². The summed E-state index contributed by atoms with van der Waals surface area (Å²) in [6, 6.07) is 14.6. The number of carbonyl (C=O) groups is 2. The molecule has 2 atom stereocenters. The van der Waals surface area contributed by atoms with Gasteiger partial charge in [0.1, 0.15) is 5.52 Å². The Morgan fingerprint density at radius 2 is 1.74 bits per heavy atom. The predicted octanol–water partition coefficient (Wildman–Crippen LogP) is 2.07.